The second kappa shape index (κ2) is 5.64. The van der Waals surface area contributed by atoms with E-state index in [9.17, 15) is 4.79 Å². The van der Waals surface area contributed by atoms with Gasteiger partial charge in [-0.1, -0.05) is 6.42 Å². The van der Waals surface area contributed by atoms with Gasteiger partial charge in [-0.05, 0) is 26.7 Å². The van der Waals surface area contributed by atoms with Crippen molar-refractivity contribution in [2.75, 3.05) is 26.8 Å². The number of nitrogens with zero attached hydrogens (tertiary/aromatic N) is 1. The topological polar surface area (TPSA) is 55.6 Å². The Labute approximate surface area is 98.1 Å². The fraction of sp³-hybridized carbons (Fsp3) is 0.917. The number of carbonyl (C=O) groups is 1. The van der Waals surface area contributed by atoms with E-state index in [2.05, 4.69) is 0 Å². The first-order chi connectivity index (χ1) is 7.61. The SMILES string of the molecule is CCN(C(=O)C1(CN)CCC1)C(C)COC. The number of amides is 1. The molecule has 0 heterocycles. The molecule has 1 amide bonds. The van der Waals surface area contributed by atoms with Crippen LogP contribution in [0.4, 0.5) is 0 Å². The number of methoxy groups -OCH3 is 1. The molecule has 4 heteroatoms. The van der Waals surface area contributed by atoms with Crippen LogP contribution in [-0.4, -0.2) is 43.7 Å². The third-order valence-corrected chi connectivity index (χ3v) is 3.70. The zero-order valence-electron chi connectivity index (χ0n) is 10.7. The molecule has 4 nitrogen and oxygen atoms in total. The van der Waals surface area contributed by atoms with Gasteiger partial charge in [-0.3, -0.25) is 4.79 Å². The molecule has 0 saturated heterocycles. The Hall–Kier alpha value is -0.610. The van der Waals surface area contributed by atoms with Gasteiger partial charge < -0.3 is 15.4 Å². The van der Waals surface area contributed by atoms with E-state index in [0.29, 0.717) is 13.2 Å². The molecule has 16 heavy (non-hydrogen) atoms. The van der Waals surface area contributed by atoms with E-state index in [-0.39, 0.29) is 17.4 Å². The summed E-state index contributed by atoms with van der Waals surface area (Å²) in [5.74, 6) is 0.216. The molecule has 1 aliphatic rings. The molecule has 1 aliphatic carbocycles. The average Bonchev–Trinajstić information content (AvgIpc) is 2.18. The van der Waals surface area contributed by atoms with E-state index in [1.807, 2.05) is 18.7 Å². The average molecular weight is 228 g/mol. The van der Waals surface area contributed by atoms with Gasteiger partial charge in [-0.25, -0.2) is 0 Å². The predicted octanol–water partition coefficient (Wildman–Crippen LogP) is 0.999. The van der Waals surface area contributed by atoms with Gasteiger partial charge >= 0.3 is 0 Å². The molecule has 1 rings (SSSR count). The van der Waals surface area contributed by atoms with Gasteiger partial charge in [0.15, 0.2) is 0 Å². The van der Waals surface area contributed by atoms with E-state index < -0.39 is 0 Å². The maximum Gasteiger partial charge on any atom is 0.230 e. The van der Waals surface area contributed by atoms with E-state index in [0.717, 1.165) is 25.8 Å². The lowest BCUT2D eigenvalue weighted by Gasteiger charge is -2.44. The predicted molar refractivity (Wildman–Crippen MR) is 64.1 cm³/mol. The normalized spacial score (nSPS) is 20.0. The Morgan fingerprint density at radius 2 is 2.19 bits per heavy atom. The van der Waals surface area contributed by atoms with Gasteiger partial charge in [0.05, 0.1) is 18.1 Å². The molecular formula is C12H24N2O2. The van der Waals surface area contributed by atoms with Crippen LogP contribution in [0, 0.1) is 5.41 Å². The molecule has 2 N–H and O–H groups in total. The summed E-state index contributed by atoms with van der Waals surface area (Å²) >= 11 is 0. The van der Waals surface area contributed by atoms with Crippen molar-refractivity contribution in [2.45, 2.75) is 39.2 Å². The highest BCUT2D eigenvalue weighted by molar-refractivity contribution is 5.84. The third-order valence-electron chi connectivity index (χ3n) is 3.70. The molecule has 0 aromatic rings. The van der Waals surface area contributed by atoms with Gasteiger partial charge in [-0.15, -0.1) is 0 Å². The zero-order chi connectivity index (χ0) is 12.2. The van der Waals surface area contributed by atoms with Crippen LogP contribution in [0.25, 0.3) is 0 Å². The monoisotopic (exact) mass is 228 g/mol. The molecule has 0 aromatic carbocycles. The van der Waals surface area contributed by atoms with Crippen molar-refractivity contribution in [3.8, 4) is 0 Å². The maximum atomic E-state index is 12.4. The molecule has 1 fully saturated rings. The number of nitrogens with two attached hydrogens (primary N) is 1. The van der Waals surface area contributed by atoms with Crippen LogP contribution in [0.15, 0.2) is 0 Å². The summed E-state index contributed by atoms with van der Waals surface area (Å²) in [6, 6.07) is 0.131. The van der Waals surface area contributed by atoms with Crippen molar-refractivity contribution < 1.29 is 9.53 Å². The summed E-state index contributed by atoms with van der Waals surface area (Å²) in [7, 11) is 1.66. The lowest BCUT2D eigenvalue weighted by Crippen LogP contribution is -2.54. The molecular weight excluding hydrogens is 204 g/mol. The Bertz CT molecular complexity index is 234. The summed E-state index contributed by atoms with van der Waals surface area (Å²) < 4.78 is 5.11. The number of rotatable bonds is 6. The van der Waals surface area contributed by atoms with Crippen LogP contribution in [-0.2, 0) is 9.53 Å². The number of hydrogen-bond donors (Lipinski definition) is 1. The largest absolute Gasteiger partial charge is 0.383 e. The number of ether oxygens (including phenoxy) is 1. The Balaban J connectivity index is 2.68. The lowest BCUT2D eigenvalue weighted by atomic mass is 9.67. The van der Waals surface area contributed by atoms with Crippen molar-refractivity contribution in [1.82, 2.24) is 4.90 Å². The van der Waals surface area contributed by atoms with Gasteiger partial charge in [0, 0.05) is 20.2 Å². The van der Waals surface area contributed by atoms with Crippen molar-refractivity contribution >= 4 is 5.91 Å². The fourth-order valence-electron chi connectivity index (χ4n) is 2.40. The van der Waals surface area contributed by atoms with Crippen LogP contribution in [0.3, 0.4) is 0 Å². The summed E-state index contributed by atoms with van der Waals surface area (Å²) in [6.45, 7) is 5.81. The lowest BCUT2D eigenvalue weighted by molar-refractivity contribution is -0.149. The van der Waals surface area contributed by atoms with E-state index >= 15 is 0 Å². The Morgan fingerprint density at radius 3 is 2.50 bits per heavy atom. The van der Waals surface area contributed by atoms with E-state index in [1.54, 1.807) is 7.11 Å². The van der Waals surface area contributed by atoms with Crippen LogP contribution in [0.5, 0.6) is 0 Å². The second-order valence-electron chi connectivity index (χ2n) is 4.73. The van der Waals surface area contributed by atoms with Gasteiger partial charge in [-0.2, -0.15) is 0 Å². The first-order valence-electron chi connectivity index (χ1n) is 6.11. The van der Waals surface area contributed by atoms with Crippen molar-refractivity contribution in [2.24, 2.45) is 11.1 Å². The minimum atomic E-state index is -0.266. The minimum absolute atomic E-state index is 0.131. The molecule has 0 spiro atoms. The molecule has 1 saturated carbocycles. The van der Waals surface area contributed by atoms with Gasteiger partial charge in [0.2, 0.25) is 5.91 Å². The highest BCUT2D eigenvalue weighted by Gasteiger charge is 2.45. The van der Waals surface area contributed by atoms with Crippen LogP contribution >= 0.6 is 0 Å². The molecule has 1 atom stereocenters. The molecule has 0 aliphatic heterocycles. The van der Waals surface area contributed by atoms with Crippen LogP contribution in [0.2, 0.25) is 0 Å². The number of hydrogen-bond acceptors (Lipinski definition) is 3. The van der Waals surface area contributed by atoms with Crippen LogP contribution in [0.1, 0.15) is 33.1 Å². The van der Waals surface area contributed by atoms with E-state index in [4.69, 9.17) is 10.5 Å². The summed E-state index contributed by atoms with van der Waals surface area (Å²) in [6.07, 6.45) is 3.01. The molecule has 0 radical (unpaired) electrons. The Kier molecular flexibility index (Phi) is 4.74. The number of carbonyl (C=O) groups excluding carboxylic acids is 1. The summed E-state index contributed by atoms with van der Waals surface area (Å²) in [5.41, 5.74) is 5.49. The maximum absolute atomic E-state index is 12.4. The Morgan fingerprint density at radius 1 is 1.56 bits per heavy atom. The van der Waals surface area contributed by atoms with Crippen LogP contribution < -0.4 is 5.73 Å². The number of likely N-dealkylation sites (N-methyl/N-ethyl adjacent to an activating group) is 1. The quantitative estimate of drug-likeness (QED) is 0.738. The van der Waals surface area contributed by atoms with Crippen molar-refractivity contribution in [1.29, 1.82) is 0 Å². The van der Waals surface area contributed by atoms with Crippen molar-refractivity contribution in [3.05, 3.63) is 0 Å². The van der Waals surface area contributed by atoms with Crippen molar-refractivity contribution in [3.63, 3.8) is 0 Å². The standard InChI is InChI=1S/C12H24N2O2/c1-4-14(10(2)8-16-3)11(15)12(9-13)6-5-7-12/h10H,4-9,13H2,1-3H3. The molecule has 1 unspecified atom stereocenters. The van der Waals surface area contributed by atoms with Gasteiger partial charge in [0.25, 0.3) is 0 Å². The first-order valence-corrected chi connectivity index (χ1v) is 6.11. The first kappa shape index (κ1) is 13.5. The molecule has 94 valence electrons. The highest BCUT2D eigenvalue weighted by atomic mass is 16.5. The molecule has 0 aromatic heterocycles. The summed E-state index contributed by atoms with van der Waals surface area (Å²) in [5, 5.41) is 0. The fourth-order valence-corrected chi connectivity index (χ4v) is 2.40. The summed E-state index contributed by atoms with van der Waals surface area (Å²) in [4.78, 5) is 14.3. The van der Waals surface area contributed by atoms with Gasteiger partial charge in [0.1, 0.15) is 0 Å². The molecule has 0 bridgehead atoms. The third kappa shape index (κ3) is 2.38. The minimum Gasteiger partial charge on any atom is -0.383 e. The highest BCUT2D eigenvalue weighted by Crippen LogP contribution is 2.41. The zero-order valence-corrected chi connectivity index (χ0v) is 10.7. The van der Waals surface area contributed by atoms with E-state index in [1.165, 1.54) is 0 Å². The second-order valence-corrected chi connectivity index (χ2v) is 4.73. The smallest absolute Gasteiger partial charge is 0.230 e.